The summed E-state index contributed by atoms with van der Waals surface area (Å²) in [5.74, 6) is 0.672. The predicted octanol–water partition coefficient (Wildman–Crippen LogP) is 4.13. The minimum Gasteiger partial charge on any atom is -0.382 e. The Morgan fingerprint density at radius 2 is 2.26 bits per heavy atom. The molecule has 1 aromatic heterocycles. The summed E-state index contributed by atoms with van der Waals surface area (Å²) in [6.07, 6.45) is 6.63. The van der Waals surface area contributed by atoms with E-state index in [4.69, 9.17) is 16.3 Å². The maximum atomic E-state index is 5.94. The summed E-state index contributed by atoms with van der Waals surface area (Å²) in [7, 11) is 0. The van der Waals surface area contributed by atoms with Gasteiger partial charge in [-0.05, 0) is 30.9 Å². The summed E-state index contributed by atoms with van der Waals surface area (Å²) in [4.78, 5) is 4.00. The number of halogens is 1. The van der Waals surface area contributed by atoms with E-state index in [9.17, 15) is 0 Å². The second-order valence-corrected chi connectivity index (χ2v) is 5.61. The first kappa shape index (κ1) is 14.6. The summed E-state index contributed by atoms with van der Waals surface area (Å²) in [6, 6.07) is 4.31. The van der Waals surface area contributed by atoms with Crippen molar-refractivity contribution in [3.8, 4) is 0 Å². The molecular weight excluding hydrogens is 260 g/mol. The number of hydrogen-bond acceptors (Lipinski definition) is 3. The van der Waals surface area contributed by atoms with E-state index < -0.39 is 0 Å². The molecule has 0 radical (unpaired) electrons. The minimum atomic E-state index is 0.388. The number of anilines is 1. The van der Waals surface area contributed by atoms with Crippen molar-refractivity contribution in [2.45, 2.75) is 51.7 Å². The third-order valence-corrected chi connectivity index (χ3v) is 4.19. The summed E-state index contributed by atoms with van der Waals surface area (Å²) >= 11 is 5.91. The molecule has 19 heavy (non-hydrogen) atoms. The summed E-state index contributed by atoms with van der Waals surface area (Å²) < 4.78 is 5.94. The molecule has 0 bridgehead atoms. The van der Waals surface area contributed by atoms with Crippen LogP contribution in [-0.2, 0) is 4.74 Å². The van der Waals surface area contributed by atoms with Gasteiger partial charge >= 0.3 is 0 Å². The maximum Gasteiger partial charge on any atom is 0.131 e. The van der Waals surface area contributed by atoms with E-state index in [-0.39, 0.29) is 0 Å². The number of aromatic nitrogens is 1. The smallest absolute Gasteiger partial charge is 0.131 e. The van der Waals surface area contributed by atoms with Gasteiger partial charge < -0.3 is 10.1 Å². The minimum absolute atomic E-state index is 0.388. The Morgan fingerprint density at radius 3 is 2.95 bits per heavy atom. The molecule has 1 saturated heterocycles. The van der Waals surface area contributed by atoms with Gasteiger partial charge in [0.15, 0.2) is 0 Å². The highest BCUT2D eigenvalue weighted by Gasteiger charge is 2.27. The van der Waals surface area contributed by atoms with E-state index in [1.807, 2.05) is 12.1 Å². The zero-order chi connectivity index (χ0) is 13.7. The lowest BCUT2D eigenvalue weighted by atomic mass is 9.89. The van der Waals surface area contributed by atoms with Crippen LogP contribution in [0.3, 0.4) is 0 Å². The molecule has 1 fully saturated rings. The van der Waals surface area contributed by atoms with Gasteiger partial charge in [-0.2, -0.15) is 0 Å². The largest absolute Gasteiger partial charge is 0.382 e. The quantitative estimate of drug-likeness (QED) is 0.825. The number of nitrogens with zero attached hydrogens (tertiary/aromatic N) is 1. The molecule has 2 unspecified atom stereocenters. The molecule has 0 aliphatic carbocycles. The number of pyridine rings is 1. The Kier molecular flexibility index (Phi) is 5.46. The molecule has 0 spiro atoms. The Labute approximate surface area is 120 Å². The predicted molar refractivity (Wildman–Crippen MR) is 79.7 cm³/mol. The van der Waals surface area contributed by atoms with Gasteiger partial charge in [0.25, 0.3) is 0 Å². The van der Waals surface area contributed by atoms with Crippen LogP contribution in [0, 0.1) is 5.92 Å². The fourth-order valence-corrected chi connectivity index (χ4v) is 3.00. The molecule has 2 rings (SSSR count). The van der Waals surface area contributed by atoms with E-state index in [1.165, 1.54) is 12.8 Å². The molecule has 1 N–H and O–H groups in total. The first-order chi connectivity index (χ1) is 9.22. The molecular formula is C15H23ClN2O. The summed E-state index contributed by atoms with van der Waals surface area (Å²) in [5, 5.41) is 4.09. The number of rotatable bonds is 5. The molecule has 106 valence electrons. The molecule has 1 aromatic rings. The van der Waals surface area contributed by atoms with Crippen molar-refractivity contribution in [2.75, 3.05) is 11.9 Å². The zero-order valence-corrected chi connectivity index (χ0v) is 12.5. The highest BCUT2D eigenvalue weighted by molar-refractivity contribution is 6.29. The molecule has 4 heteroatoms. The van der Waals surface area contributed by atoms with Gasteiger partial charge in [-0.25, -0.2) is 4.98 Å². The van der Waals surface area contributed by atoms with Crippen molar-refractivity contribution in [2.24, 2.45) is 5.92 Å². The van der Waals surface area contributed by atoms with Crippen molar-refractivity contribution in [3.05, 3.63) is 23.5 Å². The van der Waals surface area contributed by atoms with Crippen LogP contribution < -0.4 is 5.32 Å². The number of hydrogen-bond donors (Lipinski definition) is 1. The van der Waals surface area contributed by atoms with Gasteiger partial charge in [0.05, 0.1) is 6.10 Å². The molecule has 1 aliphatic rings. The molecule has 2 atom stereocenters. The Morgan fingerprint density at radius 1 is 1.47 bits per heavy atom. The van der Waals surface area contributed by atoms with Crippen molar-refractivity contribution in [1.82, 2.24) is 4.98 Å². The summed E-state index contributed by atoms with van der Waals surface area (Å²) in [5.41, 5.74) is 1.05. The van der Waals surface area contributed by atoms with Crippen LogP contribution in [0.2, 0.25) is 5.15 Å². The fourth-order valence-electron chi connectivity index (χ4n) is 2.83. The number of nitrogens with one attached hydrogen (secondary N) is 1. The average Bonchev–Trinajstić information content (AvgIpc) is 2.41. The van der Waals surface area contributed by atoms with Gasteiger partial charge in [-0.3, -0.25) is 0 Å². The Balaban J connectivity index is 1.94. The van der Waals surface area contributed by atoms with Crippen molar-refractivity contribution in [1.29, 1.82) is 0 Å². The van der Waals surface area contributed by atoms with E-state index in [1.54, 1.807) is 6.20 Å². The van der Waals surface area contributed by atoms with E-state index >= 15 is 0 Å². The topological polar surface area (TPSA) is 34.2 Å². The standard InChI is InChI=1S/C15H23ClN2O/c1-3-11(4-2)14-9-13(6-8-19-14)18-12-5-7-17-15(16)10-12/h5,7,10-11,13-14H,3-4,6,8-9H2,1-2H3,(H,17,18). The lowest BCUT2D eigenvalue weighted by Gasteiger charge is -2.34. The normalized spacial score (nSPS) is 23.6. The fraction of sp³-hybridized carbons (Fsp3) is 0.667. The van der Waals surface area contributed by atoms with Crippen LogP contribution in [0.4, 0.5) is 5.69 Å². The van der Waals surface area contributed by atoms with Crippen molar-refractivity contribution < 1.29 is 4.74 Å². The van der Waals surface area contributed by atoms with E-state index in [2.05, 4.69) is 24.1 Å². The SMILES string of the molecule is CCC(CC)C1CC(Nc2ccnc(Cl)c2)CCO1. The summed E-state index contributed by atoms with van der Waals surface area (Å²) in [6.45, 7) is 5.34. The molecule has 0 amide bonds. The van der Waals surface area contributed by atoms with E-state index in [0.29, 0.717) is 23.2 Å². The van der Waals surface area contributed by atoms with Crippen LogP contribution in [0.5, 0.6) is 0 Å². The molecule has 2 heterocycles. The van der Waals surface area contributed by atoms with Gasteiger partial charge in [0, 0.05) is 24.5 Å². The molecule has 0 aromatic carbocycles. The third-order valence-electron chi connectivity index (χ3n) is 3.99. The highest BCUT2D eigenvalue weighted by atomic mass is 35.5. The molecule has 3 nitrogen and oxygen atoms in total. The first-order valence-corrected chi connectivity index (χ1v) is 7.60. The van der Waals surface area contributed by atoms with Gasteiger partial charge in [0.2, 0.25) is 0 Å². The maximum absolute atomic E-state index is 5.94. The second kappa shape index (κ2) is 7.11. The van der Waals surface area contributed by atoms with Gasteiger partial charge in [-0.1, -0.05) is 38.3 Å². The highest BCUT2D eigenvalue weighted by Crippen LogP contribution is 2.27. The first-order valence-electron chi connectivity index (χ1n) is 7.22. The molecule has 0 saturated carbocycles. The van der Waals surface area contributed by atoms with Crippen molar-refractivity contribution in [3.63, 3.8) is 0 Å². The second-order valence-electron chi connectivity index (χ2n) is 5.22. The van der Waals surface area contributed by atoms with Crippen molar-refractivity contribution >= 4 is 17.3 Å². The Hall–Kier alpha value is -0.800. The number of ether oxygens (including phenoxy) is 1. The van der Waals surface area contributed by atoms with Crippen LogP contribution >= 0.6 is 11.6 Å². The lowest BCUT2D eigenvalue weighted by Crippen LogP contribution is -2.37. The molecule has 1 aliphatic heterocycles. The van der Waals surface area contributed by atoms with Gasteiger partial charge in [-0.15, -0.1) is 0 Å². The lowest BCUT2D eigenvalue weighted by molar-refractivity contribution is -0.0271. The van der Waals surface area contributed by atoms with Crippen LogP contribution in [-0.4, -0.2) is 23.7 Å². The third kappa shape index (κ3) is 4.08. The zero-order valence-electron chi connectivity index (χ0n) is 11.7. The van der Waals surface area contributed by atoms with Gasteiger partial charge in [0.1, 0.15) is 5.15 Å². The Bertz CT molecular complexity index is 395. The van der Waals surface area contributed by atoms with Crippen LogP contribution in [0.1, 0.15) is 39.5 Å². The van der Waals surface area contributed by atoms with Crippen LogP contribution in [0.25, 0.3) is 0 Å². The average molecular weight is 283 g/mol. The monoisotopic (exact) mass is 282 g/mol. The van der Waals surface area contributed by atoms with E-state index in [0.717, 1.165) is 25.1 Å². The van der Waals surface area contributed by atoms with Crippen LogP contribution in [0.15, 0.2) is 18.3 Å².